The summed E-state index contributed by atoms with van der Waals surface area (Å²) < 4.78 is 0. The minimum atomic E-state index is -0.00583. The van der Waals surface area contributed by atoms with E-state index in [9.17, 15) is 4.79 Å². The average molecular weight is 237 g/mol. The summed E-state index contributed by atoms with van der Waals surface area (Å²) in [6.07, 6.45) is 1.08. The summed E-state index contributed by atoms with van der Waals surface area (Å²) in [7, 11) is 0. The number of nitrogens with one attached hydrogen (secondary N) is 1. The van der Waals surface area contributed by atoms with Gasteiger partial charge in [0, 0.05) is 17.0 Å². The summed E-state index contributed by atoms with van der Waals surface area (Å²) in [5.41, 5.74) is 1.70. The Morgan fingerprint density at radius 3 is 2.81 bits per heavy atom. The maximum absolute atomic E-state index is 11.9. The third-order valence-electron chi connectivity index (χ3n) is 2.77. The van der Waals surface area contributed by atoms with Crippen LogP contribution in [0.3, 0.4) is 0 Å². The fourth-order valence-electron chi connectivity index (χ4n) is 1.36. The van der Waals surface area contributed by atoms with E-state index in [1.165, 1.54) is 0 Å². The molecule has 1 aromatic rings. The maximum Gasteiger partial charge on any atom is 0.251 e. The van der Waals surface area contributed by atoms with Crippen LogP contribution < -0.4 is 5.32 Å². The molecule has 0 saturated carbocycles. The summed E-state index contributed by atoms with van der Waals surface area (Å²) in [6, 6.07) is 5.62. The molecule has 1 unspecified atom stereocenters. The zero-order valence-corrected chi connectivity index (χ0v) is 11.0. The van der Waals surface area contributed by atoms with Gasteiger partial charge in [0.2, 0.25) is 0 Å². The number of carbonyl (C=O) groups is 1. The second-order valence-electron chi connectivity index (χ2n) is 4.22. The average Bonchev–Trinajstić information content (AvgIpc) is 2.28. The Morgan fingerprint density at radius 2 is 2.19 bits per heavy atom. The summed E-state index contributed by atoms with van der Waals surface area (Å²) in [5, 5.41) is 2.94. The predicted molar refractivity (Wildman–Crippen MR) is 70.2 cm³/mol. The van der Waals surface area contributed by atoms with E-state index in [4.69, 9.17) is 0 Å². The minimum Gasteiger partial charge on any atom is -0.352 e. The minimum absolute atomic E-state index is 0.00583. The SMILES string of the molecule is CCC(C)CNC(=O)c1cc(S)ccc1C. The van der Waals surface area contributed by atoms with Crippen LogP contribution in [0.2, 0.25) is 0 Å². The highest BCUT2D eigenvalue weighted by Gasteiger charge is 2.09. The quantitative estimate of drug-likeness (QED) is 0.774. The summed E-state index contributed by atoms with van der Waals surface area (Å²) in [6.45, 7) is 6.91. The Labute approximate surface area is 103 Å². The number of hydrogen-bond acceptors (Lipinski definition) is 2. The van der Waals surface area contributed by atoms with Crippen molar-refractivity contribution in [3.8, 4) is 0 Å². The second-order valence-corrected chi connectivity index (χ2v) is 4.74. The predicted octanol–water partition coefficient (Wildman–Crippen LogP) is 3.06. The molecule has 0 radical (unpaired) electrons. The third kappa shape index (κ3) is 3.56. The Kier molecular flexibility index (Phi) is 4.87. The molecule has 1 rings (SSSR count). The van der Waals surface area contributed by atoms with Crippen LogP contribution in [0.4, 0.5) is 0 Å². The van der Waals surface area contributed by atoms with Gasteiger partial charge < -0.3 is 5.32 Å². The molecule has 0 bridgehead atoms. The Morgan fingerprint density at radius 1 is 1.50 bits per heavy atom. The van der Waals surface area contributed by atoms with Crippen LogP contribution in [0.25, 0.3) is 0 Å². The molecule has 0 aliphatic rings. The smallest absolute Gasteiger partial charge is 0.251 e. The Bertz CT molecular complexity index is 376. The van der Waals surface area contributed by atoms with E-state index in [0.717, 1.165) is 29.0 Å². The van der Waals surface area contributed by atoms with Crippen LogP contribution in [0.5, 0.6) is 0 Å². The van der Waals surface area contributed by atoms with Crippen LogP contribution in [0.1, 0.15) is 36.2 Å². The van der Waals surface area contributed by atoms with Gasteiger partial charge in [-0.05, 0) is 30.5 Å². The molecule has 0 spiro atoms. The van der Waals surface area contributed by atoms with E-state index in [1.807, 2.05) is 25.1 Å². The molecule has 0 saturated heterocycles. The van der Waals surface area contributed by atoms with Crippen molar-refractivity contribution in [3.05, 3.63) is 29.3 Å². The molecule has 1 aromatic carbocycles. The molecule has 0 aliphatic carbocycles. The van der Waals surface area contributed by atoms with Gasteiger partial charge in [0.05, 0.1) is 0 Å². The van der Waals surface area contributed by atoms with Crippen LogP contribution in [0, 0.1) is 12.8 Å². The molecular formula is C13H19NOS. The molecule has 0 aliphatic heterocycles. The number of hydrogen-bond donors (Lipinski definition) is 2. The molecule has 0 heterocycles. The lowest BCUT2D eigenvalue weighted by atomic mass is 10.1. The number of aryl methyl sites for hydroxylation is 1. The topological polar surface area (TPSA) is 29.1 Å². The van der Waals surface area contributed by atoms with E-state index in [-0.39, 0.29) is 5.91 Å². The molecule has 1 amide bonds. The van der Waals surface area contributed by atoms with Gasteiger partial charge >= 0.3 is 0 Å². The van der Waals surface area contributed by atoms with Crippen LogP contribution in [-0.2, 0) is 0 Å². The highest BCUT2D eigenvalue weighted by atomic mass is 32.1. The van der Waals surface area contributed by atoms with Gasteiger partial charge in [-0.1, -0.05) is 26.3 Å². The molecule has 2 nitrogen and oxygen atoms in total. The number of amides is 1. The first-order valence-electron chi connectivity index (χ1n) is 5.62. The van der Waals surface area contributed by atoms with Crippen molar-refractivity contribution in [2.45, 2.75) is 32.1 Å². The highest BCUT2D eigenvalue weighted by Crippen LogP contribution is 2.14. The number of thiol groups is 1. The van der Waals surface area contributed by atoms with Gasteiger partial charge in [-0.15, -0.1) is 12.6 Å². The van der Waals surface area contributed by atoms with E-state index in [1.54, 1.807) is 0 Å². The Balaban J connectivity index is 2.69. The molecule has 1 atom stereocenters. The number of benzene rings is 1. The summed E-state index contributed by atoms with van der Waals surface area (Å²) in [5.74, 6) is 0.511. The van der Waals surface area contributed by atoms with E-state index in [0.29, 0.717) is 5.92 Å². The molecule has 0 aromatic heterocycles. The van der Waals surface area contributed by atoms with Gasteiger partial charge in [-0.3, -0.25) is 4.79 Å². The monoisotopic (exact) mass is 237 g/mol. The molecule has 16 heavy (non-hydrogen) atoms. The lowest BCUT2D eigenvalue weighted by molar-refractivity contribution is 0.0947. The molecular weight excluding hydrogens is 218 g/mol. The lowest BCUT2D eigenvalue weighted by Crippen LogP contribution is -2.28. The van der Waals surface area contributed by atoms with Crippen LogP contribution in [0.15, 0.2) is 23.1 Å². The second kappa shape index (κ2) is 5.94. The first kappa shape index (κ1) is 13.1. The highest BCUT2D eigenvalue weighted by molar-refractivity contribution is 7.80. The maximum atomic E-state index is 11.9. The lowest BCUT2D eigenvalue weighted by Gasteiger charge is -2.11. The third-order valence-corrected chi connectivity index (χ3v) is 3.05. The van der Waals surface area contributed by atoms with Crippen molar-refractivity contribution < 1.29 is 4.79 Å². The van der Waals surface area contributed by atoms with Crippen molar-refractivity contribution in [1.29, 1.82) is 0 Å². The zero-order chi connectivity index (χ0) is 12.1. The van der Waals surface area contributed by atoms with Gasteiger partial charge in [0.15, 0.2) is 0 Å². The van der Waals surface area contributed by atoms with Crippen molar-refractivity contribution >= 4 is 18.5 Å². The first-order valence-corrected chi connectivity index (χ1v) is 6.07. The molecule has 3 heteroatoms. The van der Waals surface area contributed by atoms with E-state index < -0.39 is 0 Å². The van der Waals surface area contributed by atoms with Crippen molar-refractivity contribution in [3.63, 3.8) is 0 Å². The van der Waals surface area contributed by atoms with Crippen molar-refractivity contribution in [1.82, 2.24) is 5.32 Å². The fraction of sp³-hybridized carbons (Fsp3) is 0.462. The van der Waals surface area contributed by atoms with Gasteiger partial charge in [0.25, 0.3) is 5.91 Å². The van der Waals surface area contributed by atoms with Crippen LogP contribution in [-0.4, -0.2) is 12.5 Å². The van der Waals surface area contributed by atoms with Gasteiger partial charge in [-0.2, -0.15) is 0 Å². The van der Waals surface area contributed by atoms with Crippen molar-refractivity contribution in [2.24, 2.45) is 5.92 Å². The van der Waals surface area contributed by atoms with Crippen LogP contribution >= 0.6 is 12.6 Å². The molecule has 1 N–H and O–H groups in total. The number of rotatable bonds is 4. The zero-order valence-electron chi connectivity index (χ0n) is 10.1. The van der Waals surface area contributed by atoms with Gasteiger partial charge in [0.1, 0.15) is 0 Å². The van der Waals surface area contributed by atoms with Gasteiger partial charge in [-0.25, -0.2) is 0 Å². The van der Waals surface area contributed by atoms with E-state index in [2.05, 4.69) is 31.8 Å². The standard InChI is InChI=1S/C13H19NOS/c1-4-9(2)8-14-13(15)12-7-11(16)6-5-10(12)3/h5-7,9,16H,4,8H2,1-3H3,(H,14,15). The normalized spacial score (nSPS) is 12.2. The molecule has 0 fully saturated rings. The van der Waals surface area contributed by atoms with E-state index >= 15 is 0 Å². The largest absolute Gasteiger partial charge is 0.352 e. The number of carbonyl (C=O) groups excluding carboxylic acids is 1. The first-order chi connectivity index (χ1) is 7.54. The molecule has 88 valence electrons. The Hall–Kier alpha value is -0.960. The summed E-state index contributed by atoms with van der Waals surface area (Å²) >= 11 is 4.24. The van der Waals surface area contributed by atoms with Crippen molar-refractivity contribution in [2.75, 3.05) is 6.54 Å². The fourth-order valence-corrected chi connectivity index (χ4v) is 1.56. The summed E-state index contributed by atoms with van der Waals surface area (Å²) in [4.78, 5) is 12.7.